The molecule has 5 heteroatoms. The maximum absolute atomic E-state index is 4.05. The Morgan fingerprint density at radius 2 is 1.50 bits per heavy atom. The van der Waals surface area contributed by atoms with Gasteiger partial charge >= 0.3 is 138 Å². The molecule has 0 atom stereocenters. The first kappa shape index (κ1) is 22.0. The molecule has 2 aromatic rings. The Labute approximate surface area is 161 Å². The van der Waals surface area contributed by atoms with Crippen molar-refractivity contribution >= 4 is 36.3 Å². The van der Waals surface area contributed by atoms with Gasteiger partial charge in [-0.25, -0.2) is 0 Å². The first-order valence-corrected chi connectivity index (χ1v) is 16.8. The monoisotopic (exact) mass is 417 g/mol. The van der Waals surface area contributed by atoms with Gasteiger partial charge in [-0.15, -0.1) is 24.8 Å². The molecule has 0 spiro atoms. The summed E-state index contributed by atoms with van der Waals surface area (Å²) in [5.74, 6) is 0. The van der Waals surface area contributed by atoms with Crippen molar-refractivity contribution in [3.05, 3.63) is 53.6 Å². The minimum atomic E-state index is -2.89. The fraction of sp³-hybridized carbons (Fsp3) is 0.368. The van der Waals surface area contributed by atoms with E-state index in [1.54, 1.807) is 9.43 Å². The second-order valence-electron chi connectivity index (χ2n) is 8.73. The molecule has 0 amide bonds. The van der Waals surface area contributed by atoms with E-state index in [0.717, 1.165) is 6.42 Å². The van der Waals surface area contributed by atoms with Gasteiger partial charge in [0.15, 0.2) is 0 Å². The molecule has 0 fully saturated rings. The van der Waals surface area contributed by atoms with Crippen LogP contribution in [-0.4, -0.2) is 13.2 Å². The van der Waals surface area contributed by atoms with Crippen molar-refractivity contribution in [3.63, 3.8) is 0 Å². The van der Waals surface area contributed by atoms with Gasteiger partial charge in [0.05, 0.1) is 0 Å². The van der Waals surface area contributed by atoms with Crippen LogP contribution < -0.4 is 7.67 Å². The predicted octanol–water partition coefficient (Wildman–Crippen LogP) is 4.36. The van der Waals surface area contributed by atoms with Crippen molar-refractivity contribution in [1.82, 2.24) is 3.80 Å². The molecule has 1 nitrogen and oxygen atoms in total. The van der Waals surface area contributed by atoms with Gasteiger partial charge in [0.25, 0.3) is 0 Å². The van der Waals surface area contributed by atoms with Crippen molar-refractivity contribution in [2.75, 3.05) is 0 Å². The van der Waals surface area contributed by atoms with Crippen LogP contribution in [0.15, 0.2) is 42.5 Å². The molecule has 24 heavy (non-hydrogen) atoms. The van der Waals surface area contributed by atoms with E-state index in [1.807, 2.05) is 0 Å². The van der Waals surface area contributed by atoms with Gasteiger partial charge in [-0.2, -0.15) is 0 Å². The van der Waals surface area contributed by atoms with Crippen LogP contribution in [0.2, 0.25) is 10.5 Å². The van der Waals surface area contributed by atoms with E-state index in [4.69, 9.17) is 0 Å². The van der Waals surface area contributed by atoms with Crippen molar-refractivity contribution in [1.29, 1.82) is 0 Å². The molecule has 0 unspecified atom stereocenters. The van der Waals surface area contributed by atoms with E-state index in [0.29, 0.717) is 0 Å². The van der Waals surface area contributed by atoms with E-state index < -0.39 is 14.3 Å². The summed E-state index contributed by atoms with van der Waals surface area (Å²) >= 11 is -2.89. The minimum Gasteiger partial charge on any atom is -0.147 e. The predicted molar refractivity (Wildman–Crippen MR) is 112 cm³/mol. The van der Waals surface area contributed by atoms with Gasteiger partial charge in [-0.3, -0.25) is 0 Å². The van der Waals surface area contributed by atoms with Gasteiger partial charge in [0.2, 0.25) is 0 Å². The molecule has 1 N–H and O–H groups in total. The van der Waals surface area contributed by atoms with E-state index in [-0.39, 0.29) is 30.4 Å². The molecular formula is C19H29Cl2NSiTi. The average Bonchev–Trinajstić information content (AvgIpc) is 2.73. The molecule has 0 heterocycles. The number of fused-ring (bicyclic) bond motifs is 3. The molecule has 0 saturated carbocycles. The normalized spacial score (nSPS) is 13.4. The van der Waals surface area contributed by atoms with Crippen LogP contribution >= 0.6 is 24.8 Å². The number of hydrogen-bond acceptors (Lipinski definition) is 1. The van der Waals surface area contributed by atoms with Crippen molar-refractivity contribution < 1.29 is 14.3 Å². The fourth-order valence-electron chi connectivity index (χ4n) is 4.18. The third kappa shape index (κ3) is 4.17. The van der Waals surface area contributed by atoms with Gasteiger partial charge in [0, 0.05) is 0 Å². The molecule has 3 rings (SSSR count). The Kier molecular flexibility index (Phi) is 6.32. The number of nitrogens with one attached hydrogen (secondary N) is 1. The van der Waals surface area contributed by atoms with E-state index in [9.17, 15) is 0 Å². The maximum atomic E-state index is 4.05. The molecule has 0 bridgehead atoms. The van der Waals surface area contributed by atoms with Gasteiger partial charge in [-0.1, -0.05) is 0 Å². The van der Waals surface area contributed by atoms with Crippen molar-refractivity contribution in [2.24, 2.45) is 0 Å². The van der Waals surface area contributed by atoms with E-state index in [1.165, 1.54) is 16.7 Å². The number of benzene rings is 2. The molecular weight excluding hydrogens is 389 g/mol. The van der Waals surface area contributed by atoms with Crippen LogP contribution in [0.25, 0.3) is 11.1 Å². The van der Waals surface area contributed by atoms with Gasteiger partial charge in [-0.05, 0) is 0 Å². The third-order valence-electron chi connectivity index (χ3n) is 4.49. The Bertz CT molecular complexity index is 818. The summed E-state index contributed by atoms with van der Waals surface area (Å²) in [7, 11) is 2.25. The fourth-order valence-corrected chi connectivity index (χ4v) is 14.5. The first-order chi connectivity index (χ1) is 10.1. The molecule has 132 valence electrons. The molecule has 1 aliphatic rings. The van der Waals surface area contributed by atoms with Crippen LogP contribution in [0, 0.1) is 0 Å². The molecule has 0 radical (unpaired) electrons. The summed E-state index contributed by atoms with van der Waals surface area (Å²) < 4.78 is 5.66. The number of hydrogen-bond donors (Lipinski definition) is 1. The molecule has 1 aliphatic carbocycles. The van der Waals surface area contributed by atoms with Crippen molar-refractivity contribution in [2.45, 2.75) is 43.2 Å². The number of halogens is 2. The molecule has 0 aliphatic heterocycles. The topological polar surface area (TPSA) is 12.0 Å². The Morgan fingerprint density at radius 1 is 0.917 bits per heavy atom. The van der Waals surface area contributed by atoms with Crippen LogP contribution in [0.3, 0.4) is 0 Å². The van der Waals surface area contributed by atoms with E-state index >= 15 is 0 Å². The quantitative estimate of drug-likeness (QED) is 0.610. The second kappa shape index (κ2) is 6.91. The summed E-state index contributed by atoms with van der Waals surface area (Å²) in [6.07, 6.45) is 1.09. The molecule has 2 aromatic carbocycles. The second-order valence-corrected chi connectivity index (χ2v) is 27.1. The minimum absolute atomic E-state index is 0. The standard InChI is InChI=1S/C13H9.C4H10N.2CH3.2ClH.H2Si.Ti/c1-3-7-12-10(5-1)9-11-6-2-4-8-13(11)12;1-4(2,3)5;;;;;;/h1-5,7-8H,9H2;5H,1-3H3;2*1H3;2*1H;1H2;/q;-1;;;;;;+1. The smallest absolute Gasteiger partial charge is 0.147 e. The summed E-state index contributed by atoms with van der Waals surface area (Å²) in [4.78, 5) is 0. The van der Waals surface area contributed by atoms with Crippen LogP contribution in [0.5, 0.6) is 0 Å². The third-order valence-corrected chi connectivity index (χ3v) is 12.6. The van der Waals surface area contributed by atoms with Crippen LogP contribution in [0.1, 0.15) is 31.9 Å². The first-order valence-electron chi connectivity index (χ1n) is 8.13. The number of rotatable bonds is 2. The van der Waals surface area contributed by atoms with E-state index in [2.05, 4.69) is 85.1 Å². The Hall–Kier alpha value is -0.0888. The largest absolute Gasteiger partial charge is 0.147 e. The summed E-state index contributed by atoms with van der Waals surface area (Å²) in [6, 6.07) is 15.8. The van der Waals surface area contributed by atoms with Gasteiger partial charge in [0.1, 0.15) is 0 Å². The molecule has 0 saturated heterocycles. The van der Waals surface area contributed by atoms with Crippen LogP contribution in [-0.2, 0) is 20.7 Å². The SMILES string of the molecule is CC(C)(C)[NH][Ti]([CH3])([CH3])(=[SiH2])[c]1cccc2c1Cc1ccccc1-2.Cl.Cl. The maximum Gasteiger partial charge on any atom is -0.147 e. The zero-order chi connectivity index (χ0) is 16.2. The summed E-state index contributed by atoms with van der Waals surface area (Å²) in [5.41, 5.74) is 6.08. The summed E-state index contributed by atoms with van der Waals surface area (Å²) in [5, 5.41) is 5.03. The average molecular weight is 418 g/mol. The zero-order valence-electron chi connectivity index (χ0n) is 15.3. The zero-order valence-corrected chi connectivity index (χ0v) is 19.9. The molecule has 0 aromatic heterocycles. The van der Waals surface area contributed by atoms with Gasteiger partial charge < -0.3 is 0 Å². The summed E-state index contributed by atoms with van der Waals surface area (Å²) in [6.45, 7) is 6.86. The van der Waals surface area contributed by atoms with Crippen molar-refractivity contribution in [3.8, 4) is 11.1 Å². The van der Waals surface area contributed by atoms with Crippen LogP contribution in [0.4, 0.5) is 0 Å². The Morgan fingerprint density at radius 3 is 2.12 bits per heavy atom. The Balaban J connectivity index is 0.00000144.